The molecular formula is C10H12BrNO3. The number of rotatable bonds is 4. The summed E-state index contributed by atoms with van der Waals surface area (Å²) in [4.78, 5) is 10.4. The maximum atomic E-state index is 10.4. The smallest absolute Gasteiger partial charge is 0.404 e. The zero-order valence-corrected chi connectivity index (χ0v) is 9.57. The molecule has 0 heterocycles. The summed E-state index contributed by atoms with van der Waals surface area (Å²) in [6.45, 7) is -0.206. The molecule has 4 nitrogen and oxygen atoms in total. The number of carbonyl (C=O) groups is 1. The van der Waals surface area contributed by atoms with Crippen LogP contribution in [0.4, 0.5) is 4.79 Å². The molecule has 1 amide bonds. The maximum Gasteiger partial charge on any atom is 0.404 e. The van der Waals surface area contributed by atoms with E-state index < -0.39 is 12.1 Å². The van der Waals surface area contributed by atoms with Gasteiger partial charge in [-0.3, -0.25) is 0 Å². The van der Waals surface area contributed by atoms with Crippen LogP contribution < -0.4 is 5.32 Å². The summed E-state index contributed by atoms with van der Waals surface area (Å²) >= 11 is 3.31. The minimum Gasteiger partial charge on any atom is -0.465 e. The number of aliphatic hydroxyl groups is 1. The summed E-state index contributed by atoms with van der Waals surface area (Å²) in [7, 11) is 0. The Bertz CT molecular complexity index is 326. The van der Waals surface area contributed by atoms with Gasteiger partial charge in [-0.1, -0.05) is 28.1 Å². The predicted octanol–water partition coefficient (Wildman–Crippen LogP) is 1.62. The Hall–Kier alpha value is -1.07. The van der Waals surface area contributed by atoms with Crippen LogP contribution in [0.1, 0.15) is 5.56 Å². The fourth-order valence-electron chi connectivity index (χ4n) is 1.24. The number of amides is 1. The Morgan fingerprint density at radius 3 is 2.47 bits per heavy atom. The van der Waals surface area contributed by atoms with Crippen LogP contribution in [0.25, 0.3) is 0 Å². The van der Waals surface area contributed by atoms with Crippen LogP contribution in [0.2, 0.25) is 0 Å². The second-order valence-electron chi connectivity index (χ2n) is 3.16. The summed E-state index contributed by atoms with van der Waals surface area (Å²) in [5.74, 6) is 0. The van der Waals surface area contributed by atoms with Crippen molar-refractivity contribution in [2.45, 2.75) is 12.5 Å². The second kappa shape index (κ2) is 5.72. The van der Waals surface area contributed by atoms with Gasteiger partial charge in [0.05, 0.1) is 12.6 Å². The van der Waals surface area contributed by atoms with E-state index in [1.807, 2.05) is 24.3 Å². The van der Waals surface area contributed by atoms with Crippen LogP contribution in [0.15, 0.2) is 28.7 Å². The number of nitrogens with one attached hydrogen (secondary N) is 1. The molecular weight excluding hydrogens is 262 g/mol. The molecule has 0 saturated heterocycles. The van der Waals surface area contributed by atoms with E-state index in [-0.39, 0.29) is 6.61 Å². The fraction of sp³-hybridized carbons (Fsp3) is 0.300. The van der Waals surface area contributed by atoms with E-state index in [1.165, 1.54) is 0 Å². The molecule has 0 radical (unpaired) electrons. The van der Waals surface area contributed by atoms with Gasteiger partial charge in [-0.05, 0) is 24.1 Å². The third-order valence-electron chi connectivity index (χ3n) is 1.94. The Labute approximate surface area is 96.1 Å². The first-order valence-electron chi connectivity index (χ1n) is 4.46. The monoisotopic (exact) mass is 273 g/mol. The minimum absolute atomic E-state index is 0.206. The highest BCUT2D eigenvalue weighted by molar-refractivity contribution is 9.10. The van der Waals surface area contributed by atoms with Crippen molar-refractivity contribution in [3.05, 3.63) is 34.3 Å². The number of aliphatic hydroxyl groups excluding tert-OH is 1. The number of halogens is 1. The number of carboxylic acid groups (broad SMARTS) is 1. The third-order valence-corrected chi connectivity index (χ3v) is 2.47. The molecule has 1 unspecified atom stereocenters. The maximum absolute atomic E-state index is 10.4. The van der Waals surface area contributed by atoms with Crippen LogP contribution in [0.3, 0.4) is 0 Å². The lowest BCUT2D eigenvalue weighted by Gasteiger charge is -2.13. The first kappa shape index (κ1) is 12.0. The highest BCUT2D eigenvalue weighted by atomic mass is 79.9. The third kappa shape index (κ3) is 4.31. The molecule has 0 fully saturated rings. The fourth-order valence-corrected chi connectivity index (χ4v) is 1.51. The molecule has 1 atom stereocenters. The summed E-state index contributed by atoms with van der Waals surface area (Å²) in [6.07, 6.45) is -0.637. The summed E-state index contributed by atoms with van der Waals surface area (Å²) < 4.78 is 0.970. The van der Waals surface area contributed by atoms with E-state index in [2.05, 4.69) is 21.2 Å². The average Bonchev–Trinajstić information content (AvgIpc) is 2.19. The van der Waals surface area contributed by atoms with Crippen LogP contribution in [-0.2, 0) is 6.42 Å². The van der Waals surface area contributed by atoms with Crippen molar-refractivity contribution in [1.29, 1.82) is 0 Å². The zero-order valence-electron chi connectivity index (χ0n) is 7.98. The summed E-state index contributed by atoms with van der Waals surface area (Å²) in [5, 5.41) is 19.7. The predicted molar refractivity (Wildman–Crippen MR) is 59.9 cm³/mol. The van der Waals surface area contributed by atoms with Crippen LogP contribution in [0, 0.1) is 0 Å². The van der Waals surface area contributed by atoms with Gasteiger partial charge in [0.2, 0.25) is 0 Å². The van der Waals surface area contributed by atoms with Gasteiger partial charge in [-0.2, -0.15) is 0 Å². The first-order valence-corrected chi connectivity index (χ1v) is 5.26. The molecule has 0 aliphatic carbocycles. The van der Waals surface area contributed by atoms with Crippen LogP contribution >= 0.6 is 15.9 Å². The summed E-state index contributed by atoms with van der Waals surface area (Å²) in [5.41, 5.74) is 0.978. The minimum atomic E-state index is -1.12. The van der Waals surface area contributed by atoms with E-state index in [9.17, 15) is 4.79 Å². The molecule has 3 N–H and O–H groups in total. The van der Waals surface area contributed by atoms with E-state index in [1.54, 1.807) is 0 Å². The van der Waals surface area contributed by atoms with Crippen molar-refractivity contribution in [3.8, 4) is 0 Å². The Kier molecular flexibility index (Phi) is 4.58. The molecule has 1 aromatic carbocycles. The normalized spacial score (nSPS) is 12.1. The van der Waals surface area contributed by atoms with Gasteiger partial charge in [0.15, 0.2) is 0 Å². The van der Waals surface area contributed by atoms with E-state index in [0.29, 0.717) is 6.42 Å². The van der Waals surface area contributed by atoms with Crippen molar-refractivity contribution in [1.82, 2.24) is 5.32 Å². The molecule has 0 bridgehead atoms. The van der Waals surface area contributed by atoms with Crippen LogP contribution in [0.5, 0.6) is 0 Å². The zero-order chi connectivity index (χ0) is 11.3. The lowest BCUT2D eigenvalue weighted by Crippen LogP contribution is -2.38. The molecule has 82 valence electrons. The SMILES string of the molecule is O=C(O)NC(CO)Cc1ccc(Br)cc1. The Balaban J connectivity index is 2.58. The molecule has 0 aromatic heterocycles. The second-order valence-corrected chi connectivity index (χ2v) is 4.08. The van der Waals surface area contributed by atoms with Gasteiger partial charge in [0.1, 0.15) is 0 Å². The van der Waals surface area contributed by atoms with E-state index in [4.69, 9.17) is 10.2 Å². The van der Waals surface area contributed by atoms with Crippen molar-refractivity contribution in [2.24, 2.45) is 0 Å². The average molecular weight is 274 g/mol. The molecule has 5 heteroatoms. The Morgan fingerprint density at radius 2 is 2.00 bits per heavy atom. The highest BCUT2D eigenvalue weighted by Crippen LogP contribution is 2.11. The number of benzene rings is 1. The molecule has 0 aliphatic heterocycles. The molecule has 1 rings (SSSR count). The van der Waals surface area contributed by atoms with E-state index in [0.717, 1.165) is 10.0 Å². The van der Waals surface area contributed by atoms with Gasteiger partial charge in [-0.15, -0.1) is 0 Å². The van der Waals surface area contributed by atoms with Crippen molar-refractivity contribution in [2.75, 3.05) is 6.61 Å². The number of hydrogen-bond donors (Lipinski definition) is 3. The van der Waals surface area contributed by atoms with Crippen LogP contribution in [-0.4, -0.2) is 29.0 Å². The largest absolute Gasteiger partial charge is 0.465 e. The van der Waals surface area contributed by atoms with Gasteiger partial charge in [0, 0.05) is 4.47 Å². The van der Waals surface area contributed by atoms with Gasteiger partial charge < -0.3 is 15.5 Å². The quantitative estimate of drug-likeness (QED) is 0.781. The van der Waals surface area contributed by atoms with Gasteiger partial charge >= 0.3 is 6.09 Å². The van der Waals surface area contributed by atoms with Crippen molar-refractivity contribution >= 4 is 22.0 Å². The van der Waals surface area contributed by atoms with Gasteiger partial charge in [0.25, 0.3) is 0 Å². The molecule has 15 heavy (non-hydrogen) atoms. The topological polar surface area (TPSA) is 69.6 Å². The summed E-state index contributed by atoms with van der Waals surface area (Å²) in [6, 6.07) is 7.07. The highest BCUT2D eigenvalue weighted by Gasteiger charge is 2.10. The lowest BCUT2D eigenvalue weighted by molar-refractivity contribution is 0.177. The lowest BCUT2D eigenvalue weighted by atomic mass is 10.1. The Morgan fingerprint density at radius 1 is 1.40 bits per heavy atom. The van der Waals surface area contributed by atoms with E-state index >= 15 is 0 Å². The van der Waals surface area contributed by atoms with Crippen molar-refractivity contribution < 1.29 is 15.0 Å². The number of hydrogen-bond acceptors (Lipinski definition) is 2. The van der Waals surface area contributed by atoms with Crippen molar-refractivity contribution in [3.63, 3.8) is 0 Å². The molecule has 0 aliphatic rings. The molecule has 0 saturated carbocycles. The molecule has 1 aromatic rings. The van der Waals surface area contributed by atoms with Gasteiger partial charge in [-0.25, -0.2) is 4.79 Å². The first-order chi connectivity index (χ1) is 7.11. The molecule has 0 spiro atoms. The standard InChI is InChI=1S/C10H12BrNO3/c11-8-3-1-7(2-4-8)5-9(6-13)12-10(14)15/h1-4,9,12-13H,5-6H2,(H,14,15).